The van der Waals surface area contributed by atoms with E-state index in [0.29, 0.717) is 10.8 Å². The molecule has 1 aliphatic carbocycles. The third-order valence-corrected chi connectivity index (χ3v) is 8.66. The van der Waals surface area contributed by atoms with E-state index in [1.807, 2.05) is 12.4 Å². The van der Waals surface area contributed by atoms with E-state index in [0.717, 1.165) is 42.4 Å². The van der Waals surface area contributed by atoms with Gasteiger partial charge in [0.1, 0.15) is 4.88 Å². The molecule has 1 fully saturated rings. The zero-order chi connectivity index (χ0) is 22.9. The summed E-state index contributed by atoms with van der Waals surface area (Å²) >= 11 is 1.47. The van der Waals surface area contributed by atoms with Crippen molar-refractivity contribution >= 4 is 22.9 Å². The van der Waals surface area contributed by atoms with E-state index >= 15 is 0 Å². The number of rotatable bonds is 5. The fraction of sp³-hybridized carbons (Fsp3) is 0.556. The fourth-order valence-corrected chi connectivity index (χ4v) is 6.24. The summed E-state index contributed by atoms with van der Waals surface area (Å²) in [6.45, 7) is 11.7. The molecule has 0 radical (unpaired) electrons. The van der Waals surface area contributed by atoms with Crippen molar-refractivity contribution in [3.05, 3.63) is 57.0 Å². The molecule has 0 atom stereocenters. The average Bonchev–Trinajstić information content (AvgIpc) is 3.21. The molecule has 3 heterocycles. The van der Waals surface area contributed by atoms with E-state index in [1.54, 1.807) is 0 Å². The smallest absolute Gasteiger partial charge is 0.346 e. The Morgan fingerprint density at radius 1 is 1.19 bits per heavy atom. The maximum absolute atomic E-state index is 12.2. The Hall–Kier alpha value is -1.98. The zero-order valence-corrected chi connectivity index (χ0v) is 20.7. The van der Waals surface area contributed by atoms with Gasteiger partial charge in [0, 0.05) is 42.5 Å². The van der Waals surface area contributed by atoms with Crippen LogP contribution in [0.3, 0.4) is 0 Å². The minimum atomic E-state index is -0.788. The van der Waals surface area contributed by atoms with Crippen molar-refractivity contribution in [3.63, 3.8) is 0 Å². The Morgan fingerprint density at radius 2 is 1.88 bits per heavy atom. The van der Waals surface area contributed by atoms with Crippen molar-refractivity contribution < 1.29 is 9.90 Å². The second-order valence-electron chi connectivity index (χ2n) is 10.7. The van der Waals surface area contributed by atoms with Gasteiger partial charge in [-0.3, -0.25) is 9.88 Å². The van der Waals surface area contributed by atoms with Gasteiger partial charge < -0.3 is 5.11 Å². The number of carbonyl (C=O) groups is 1. The monoisotopic (exact) mass is 452 g/mol. The van der Waals surface area contributed by atoms with Gasteiger partial charge in [0.15, 0.2) is 0 Å². The molecule has 2 aliphatic rings. The van der Waals surface area contributed by atoms with Crippen LogP contribution in [0.5, 0.6) is 0 Å². The van der Waals surface area contributed by atoms with Gasteiger partial charge in [-0.2, -0.15) is 0 Å². The lowest BCUT2D eigenvalue weighted by Gasteiger charge is -2.37. The lowest BCUT2D eigenvalue weighted by Crippen LogP contribution is -2.34. The minimum Gasteiger partial charge on any atom is -0.477 e. The summed E-state index contributed by atoms with van der Waals surface area (Å²) in [7, 11) is 0. The molecule has 0 aromatic carbocycles. The van der Waals surface area contributed by atoms with Gasteiger partial charge in [-0.1, -0.05) is 40.5 Å². The summed E-state index contributed by atoms with van der Waals surface area (Å²) in [6, 6.07) is 6.38. The van der Waals surface area contributed by atoms with Crippen LogP contribution >= 0.6 is 11.3 Å². The third kappa shape index (κ3) is 5.15. The first-order valence-corrected chi connectivity index (χ1v) is 12.7. The van der Waals surface area contributed by atoms with Crippen LogP contribution < -0.4 is 0 Å². The van der Waals surface area contributed by atoms with Gasteiger partial charge in [0.25, 0.3) is 0 Å². The molecular formula is C27H36N2O2S. The lowest BCUT2D eigenvalue weighted by atomic mass is 9.75. The molecule has 0 bridgehead atoms. The molecule has 0 unspecified atom stereocenters. The second kappa shape index (κ2) is 9.48. The van der Waals surface area contributed by atoms with E-state index in [4.69, 9.17) is 0 Å². The summed E-state index contributed by atoms with van der Waals surface area (Å²) in [5, 5.41) is 10.0. The highest BCUT2D eigenvalue weighted by molar-refractivity contribution is 7.14. The van der Waals surface area contributed by atoms with E-state index < -0.39 is 5.97 Å². The van der Waals surface area contributed by atoms with Gasteiger partial charge in [0.2, 0.25) is 0 Å². The van der Waals surface area contributed by atoms with Crippen molar-refractivity contribution in [1.29, 1.82) is 0 Å². The molecule has 2 aromatic heterocycles. The van der Waals surface area contributed by atoms with Crippen LogP contribution in [0.4, 0.5) is 0 Å². The van der Waals surface area contributed by atoms with Gasteiger partial charge >= 0.3 is 5.97 Å². The Bertz CT molecular complexity index is 979. The normalized spacial score (nSPS) is 22.9. The number of thiophene rings is 1. The van der Waals surface area contributed by atoms with Gasteiger partial charge in [0.05, 0.1) is 0 Å². The average molecular weight is 453 g/mol. The Labute approximate surface area is 196 Å². The van der Waals surface area contributed by atoms with Crippen LogP contribution in [0, 0.1) is 11.8 Å². The predicted molar refractivity (Wildman–Crippen MR) is 132 cm³/mol. The van der Waals surface area contributed by atoms with E-state index in [2.05, 4.69) is 55.8 Å². The molecule has 0 amide bonds. The lowest BCUT2D eigenvalue weighted by molar-refractivity contribution is 0.0702. The zero-order valence-electron chi connectivity index (χ0n) is 19.9. The molecule has 1 N–H and O–H groups in total. The van der Waals surface area contributed by atoms with Crippen LogP contribution in [-0.4, -0.2) is 34.0 Å². The van der Waals surface area contributed by atoms with Crippen LogP contribution in [0.25, 0.3) is 5.57 Å². The number of nitrogens with zero attached hydrogens (tertiary/aromatic N) is 2. The van der Waals surface area contributed by atoms with Crippen LogP contribution in [-0.2, 0) is 12.0 Å². The highest BCUT2D eigenvalue weighted by Crippen LogP contribution is 2.43. The maximum Gasteiger partial charge on any atom is 0.346 e. The summed E-state index contributed by atoms with van der Waals surface area (Å²) in [4.78, 5) is 20.6. The van der Waals surface area contributed by atoms with Crippen LogP contribution in [0.1, 0.15) is 85.5 Å². The van der Waals surface area contributed by atoms with E-state index in [9.17, 15) is 9.90 Å². The van der Waals surface area contributed by atoms with E-state index in [1.165, 1.54) is 53.7 Å². The largest absolute Gasteiger partial charge is 0.477 e. The summed E-state index contributed by atoms with van der Waals surface area (Å²) in [5.74, 6) is 0.583. The number of carboxylic acid groups (broad SMARTS) is 1. The number of aromatic carboxylic acids is 1. The molecule has 1 aliphatic heterocycles. The third-order valence-electron chi connectivity index (χ3n) is 7.11. The maximum atomic E-state index is 12.2. The van der Waals surface area contributed by atoms with Crippen molar-refractivity contribution in [2.75, 3.05) is 13.1 Å². The van der Waals surface area contributed by atoms with E-state index in [-0.39, 0.29) is 5.41 Å². The minimum absolute atomic E-state index is 0.0455. The molecule has 5 heteroatoms. The molecule has 0 saturated heterocycles. The highest BCUT2D eigenvalue weighted by atomic mass is 32.1. The molecule has 4 rings (SSSR count). The number of aromatic nitrogens is 1. The number of pyridine rings is 1. The quantitative estimate of drug-likeness (QED) is 0.553. The van der Waals surface area contributed by atoms with Crippen LogP contribution in [0.2, 0.25) is 0 Å². The SMILES string of the molecule is CC1CCC(C2=C(c3cc(C(C)(C)C)sc3C(=O)O)CCN(Cc3ccncc3)C2)CC1. The molecular weight excluding hydrogens is 416 g/mol. The van der Waals surface area contributed by atoms with Crippen molar-refractivity contribution in [1.82, 2.24) is 9.88 Å². The summed E-state index contributed by atoms with van der Waals surface area (Å²) in [6.07, 6.45) is 9.64. The Balaban J connectivity index is 1.72. The first-order chi connectivity index (χ1) is 15.2. The Morgan fingerprint density at radius 3 is 2.50 bits per heavy atom. The Kier molecular flexibility index (Phi) is 6.87. The van der Waals surface area contributed by atoms with Crippen molar-refractivity contribution in [2.45, 2.75) is 71.8 Å². The molecule has 1 saturated carbocycles. The molecule has 172 valence electrons. The predicted octanol–water partition coefficient (Wildman–Crippen LogP) is 6.62. The summed E-state index contributed by atoms with van der Waals surface area (Å²) < 4.78 is 0. The number of carboxylic acids is 1. The molecule has 32 heavy (non-hydrogen) atoms. The fourth-order valence-electron chi connectivity index (χ4n) is 5.16. The molecule has 2 aromatic rings. The standard InChI is InChI=1S/C27H36N2O2S/c1-18-5-7-20(8-6-18)23-17-29(16-19-9-12-28-13-10-19)14-11-21(23)22-15-24(27(2,3)4)32-25(22)26(30)31/h9-10,12-13,15,18,20H,5-8,11,14,16-17H2,1-4H3,(H,30,31). The number of hydrogen-bond acceptors (Lipinski definition) is 4. The van der Waals surface area contributed by atoms with Gasteiger partial charge in [-0.05, 0) is 71.4 Å². The first kappa shape index (κ1) is 23.2. The highest BCUT2D eigenvalue weighted by Gasteiger charge is 2.32. The summed E-state index contributed by atoms with van der Waals surface area (Å²) in [5.41, 5.74) is 5.05. The second-order valence-corrected chi connectivity index (χ2v) is 11.7. The topological polar surface area (TPSA) is 53.4 Å². The number of hydrogen-bond donors (Lipinski definition) is 1. The van der Waals surface area contributed by atoms with Gasteiger partial charge in [-0.15, -0.1) is 11.3 Å². The molecule has 4 nitrogen and oxygen atoms in total. The van der Waals surface area contributed by atoms with Crippen molar-refractivity contribution in [3.8, 4) is 0 Å². The van der Waals surface area contributed by atoms with Crippen molar-refractivity contribution in [2.24, 2.45) is 11.8 Å². The van der Waals surface area contributed by atoms with Crippen LogP contribution in [0.15, 0.2) is 36.2 Å². The first-order valence-electron chi connectivity index (χ1n) is 11.9. The van der Waals surface area contributed by atoms with Gasteiger partial charge in [-0.25, -0.2) is 4.79 Å². The molecule has 0 spiro atoms.